The van der Waals surface area contributed by atoms with Crippen LogP contribution in [-0.4, -0.2) is 41.3 Å². The first-order valence-corrected chi connectivity index (χ1v) is 9.96. The maximum atomic E-state index is 13.5. The highest BCUT2D eigenvalue weighted by Crippen LogP contribution is 2.25. The maximum absolute atomic E-state index is 13.5. The molecule has 3 aromatic rings. The topological polar surface area (TPSA) is 46.8 Å². The fourth-order valence-electron chi connectivity index (χ4n) is 3.34. The number of aromatic nitrogens is 2. The molecule has 1 saturated heterocycles. The first kappa shape index (κ1) is 17.1. The number of anilines is 1. The van der Waals surface area contributed by atoms with Gasteiger partial charge in [0.15, 0.2) is 10.9 Å². The van der Waals surface area contributed by atoms with Gasteiger partial charge in [0.2, 0.25) is 0 Å². The normalized spacial score (nSPS) is 16.9. The zero-order valence-electron chi connectivity index (χ0n) is 14.7. The Morgan fingerprint density at radius 1 is 1.27 bits per heavy atom. The zero-order valence-corrected chi connectivity index (χ0v) is 15.5. The van der Waals surface area contributed by atoms with Crippen molar-refractivity contribution in [1.29, 1.82) is 0 Å². The lowest BCUT2D eigenvalue weighted by Crippen LogP contribution is -2.36. The molecule has 0 spiro atoms. The van der Waals surface area contributed by atoms with E-state index in [1.54, 1.807) is 0 Å². The molecule has 0 aliphatic carbocycles. The third-order valence-corrected chi connectivity index (χ3v) is 5.33. The van der Waals surface area contributed by atoms with Crippen LogP contribution in [0, 0.1) is 5.92 Å². The Bertz CT molecular complexity index is 904. The summed E-state index contributed by atoms with van der Waals surface area (Å²) in [6.45, 7) is 2.12. The number of imidazole rings is 1. The first-order chi connectivity index (χ1) is 12.8. The average Bonchev–Trinajstić information content (AvgIpc) is 3.34. The molecule has 0 N–H and O–H groups in total. The molecule has 0 saturated carbocycles. The van der Waals surface area contributed by atoms with Gasteiger partial charge in [-0.1, -0.05) is 36.0 Å². The highest BCUT2D eigenvalue weighted by molar-refractivity contribution is 7.98. The van der Waals surface area contributed by atoms with Gasteiger partial charge in [-0.05, 0) is 36.9 Å². The molecule has 1 fully saturated rings. The van der Waals surface area contributed by atoms with E-state index in [2.05, 4.69) is 4.98 Å². The number of benzene rings is 1. The first-order valence-electron chi connectivity index (χ1n) is 8.73. The van der Waals surface area contributed by atoms with Crippen LogP contribution >= 0.6 is 11.8 Å². The SMILES string of the molecule is CSc1nc(C(=O)N(C[C@@H]2CCOC2)c2ccccc2)c2ccccn12. The Labute approximate surface area is 157 Å². The molecule has 1 aliphatic rings. The van der Waals surface area contributed by atoms with Gasteiger partial charge in [0.05, 0.1) is 12.1 Å². The number of amides is 1. The molecule has 3 heterocycles. The van der Waals surface area contributed by atoms with Crippen LogP contribution in [0.4, 0.5) is 5.69 Å². The zero-order chi connectivity index (χ0) is 17.9. The molecular weight excluding hydrogens is 346 g/mol. The molecule has 1 aromatic carbocycles. The molecule has 4 rings (SSSR count). The molecule has 6 heteroatoms. The molecule has 0 unspecified atom stereocenters. The van der Waals surface area contributed by atoms with Gasteiger partial charge in [-0.3, -0.25) is 9.20 Å². The van der Waals surface area contributed by atoms with Crippen molar-refractivity contribution in [2.75, 3.05) is 30.9 Å². The Balaban J connectivity index is 1.74. The molecule has 1 atom stereocenters. The molecule has 1 aliphatic heterocycles. The number of hydrogen-bond donors (Lipinski definition) is 0. The number of carbonyl (C=O) groups excluding carboxylic acids is 1. The summed E-state index contributed by atoms with van der Waals surface area (Å²) in [6, 6.07) is 15.7. The van der Waals surface area contributed by atoms with Gasteiger partial charge < -0.3 is 9.64 Å². The van der Waals surface area contributed by atoms with E-state index in [1.807, 2.05) is 70.3 Å². The van der Waals surface area contributed by atoms with Gasteiger partial charge in [0.1, 0.15) is 0 Å². The maximum Gasteiger partial charge on any atom is 0.279 e. The monoisotopic (exact) mass is 367 g/mol. The van der Waals surface area contributed by atoms with Gasteiger partial charge in [-0.15, -0.1) is 0 Å². The molecule has 26 heavy (non-hydrogen) atoms. The molecule has 134 valence electrons. The van der Waals surface area contributed by atoms with E-state index in [9.17, 15) is 4.79 Å². The summed E-state index contributed by atoms with van der Waals surface area (Å²) >= 11 is 1.54. The van der Waals surface area contributed by atoms with Crippen molar-refractivity contribution in [3.63, 3.8) is 0 Å². The third kappa shape index (κ3) is 3.22. The van der Waals surface area contributed by atoms with Crippen LogP contribution in [0.3, 0.4) is 0 Å². The lowest BCUT2D eigenvalue weighted by Gasteiger charge is -2.24. The Morgan fingerprint density at radius 3 is 2.81 bits per heavy atom. The van der Waals surface area contributed by atoms with Gasteiger partial charge >= 0.3 is 0 Å². The average molecular weight is 367 g/mol. The minimum absolute atomic E-state index is 0.0629. The summed E-state index contributed by atoms with van der Waals surface area (Å²) in [4.78, 5) is 20.0. The second kappa shape index (κ2) is 7.51. The standard InChI is InChI=1S/C20H21N3O2S/c1-26-20-21-18(17-9-5-6-11-22(17)20)19(24)23(13-15-10-12-25-14-15)16-7-3-2-4-8-16/h2-9,11,15H,10,12-14H2,1H3/t15-/m0/s1. The number of hydrogen-bond acceptors (Lipinski definition) is 4. The van der Waals surface area contributed by atoms with Crippen molar-refractivity contribution in [3.05, 3.63) is 60.4 Å². The van der Waals surface area contributed by atoms with Crippen molar-refractivity contribution < 1.29 is 9.53 Å². The van der Waals surface area contributed by atoms with E-state index in [1.165, 1.54) is 11.8 Å². The van der Waals surface area contributed by atoms with Gasteiger partial charge in [0.25, 0.3) is 5.91 Å². The highest BCUT2D eigenvalue weighted by Gasteiger charge is 2.27. The largest absolute Gasteiger partial charge is 0.381 e. The predicted molar refractivity (Wildman–Crippen MR) is 104 cm³/mol. The lowest BCUT2D eigenvalue weighted by atomic mass is 10.1. The van der Waals surface area contributed by atoms with E-state index < -0.39 is 0 Å². The summed E-state index contributed by atoms with van der Waals surface area (Å²) < 4.78 is 7.48. The Kier molecular flexibility index (Phi) is 4.95. The van der Waals surface area contributed by atoms with Crippen molar-refractivity contribution >= 4 is 28.9 Å². The highest BCUT2D eigenvalue weighted by atomic mass is 32.2. The molecular formula is C20H21N3O2S. The quantitative estimate of drug-likeness (QED) is 0.645. The van der Waals surface area contributed by atoms with Crippen molar-refractivity contribution in [2.45, 2.75) is 11.6 Å². The minimum atomic E-state index is -0.0629. The summed E-state index contributed by atoms with van der Waals surface area (Å²) in [6.07, 6.45) is 4.90. The number of pyridine rings is 1. The number of nitrogens with zero attached hydrogens (tertiary/aromatic N) is 3. The summed E-state index contributed by atoms with van der Waals surface area (Å²) in [5.41, 5.74) is 2.23. The number of carbonyl (C=O) groups is 1. The fourth-order valence-corrected chi connectivity index (χ4v) is 3.88. The minimum Gasteiger partial charge on any atom is -0.381 e. The molecule has 0 bridgehead atoms. The van der Waals surface area contributed by atoms with Crippen molar-refractivity contribution in [3.8, 4) is 0 Å². The fraction of sp³-hybridized carbons (Fsp3) is 0.300. The van der Waals surface area contributed by atoms with E-state index in [0.717, 1.165) is 29.4 Å². The Morgan fingerprint density at radius 2 is 2.08 bits per heavy atom. The second-order valence-corrected chi connectivity index (χ2v) is 7.16. The van der Waals surface area contributed by atoms with Gasteiger partial charge in [-0.25, -0.2) is 4.98 Å². The van der Waals surface area contributed by atoms with E-state index in [4.69, 9.17) is 4.74 Å². The molecule has 0 radical (unpaired) electrons. The third-order valence-electron chi connectivity index (χ3n) is 4.68. The van der Waals surface area contributed by atoms with E-state index >= 15 is 0 Å². The predicted octanol–water partition coefficient (Wildman–Crippen LogP) is 3.74. The van der Waals surface area contributed by atoms with Crippen LogP contribution in [-0.2, 0) is 4.74 Å². The van der Waals surface area contributed by atoms with Gasteiger partial charge in [0, 0.05) is 31.0 Å². The van der Waals surface area contributed by atoms with Crippen LogP contribution in [0.2, 0.25) is 0 Å². The lowest BCUT2D eigenvalue weighted by molar-refractivity contribution is 0.0978. The van der Waals surface area contributed by atoms with E-state index in [-0.39, 0.29) is 5.91 Å². The van der Waals surface area contributed by atoms with Crippen LogP contribution in [0.5, 0.6) is 0 Å². The molecule has 2 aromatic heterocycles. The second-order valence-electron chi connectivity index (χ2n) is 6.38. The van der Waals surface area contributed by atoms with Crippen LogP contribution in [0.15, 0.2) is 59.9 Å². The van der Waals surface area contributed by atoms with Crippen LogP contribution in [0.25, 0.3) is 5.52 Å². The number of rotatable bonds is 5. The van der Waals surface area contributed by atoms with Crippen molar-refractivity contribution in [2.24, 2.45) is 5.92 Å². The molecule has 5 nitrogen and oxygen atoms in total. The van der Waals surface area contributed by atoms with Crippen LogP contribution in [0.1, 0.15) is 16.9 Å². The Hall–Kier alpha value is -2.31. The summed E-state index contributed by atoms with van der Waals surface area (Å²) in [5.74, 6) is 0.292. The summed E-state index contributed by atoms with van der Waals surface area (Å²) in [7, 11) is 0. The van der Waals surface area contributed by atoms with Gasteiger partial charge in [-0.2, -0.15) is 0 Å². The number of fused-ring (bicyclic) bond motifs is 1. The van der Waals surface area contributed by atoms with E-state index in [0.29, 0.717) is 24.8 Å². The number of ether oxygens (including phenoxy) is 1. The number of thioether (sulfide) groups is 1. The summed E-state index contributed by atoms with van der Waals surface area (Å²) in [5, 5.41) is 0.821. The smallest absolute Gasteiger partial charge is 0.279 e. The molecule has 1 amide bonds. The number of para-hydroxylation sites is 1. The van der Waals surface area contributed by atoms with Crippen molar-refractivity contribution in [1.82, 2.24) is 9.38 Å². The van der Waals surface area contributed by atoms with Crippen LogP contribution < -0.4 is 4.90 Å².